The second kappa shape index (κ2) is 7.42. The Balaban J connectivity index is 1.60. The highest BCUT2D eigenvalue weighted by Crippen LogP contribution is 2.24. The van der Waals surface area contributed by atoms with Crippen molar-refractivity contribution in [3.63, 3.8) is 0 Å². The predicted molar refractivity (Wildman–Crippen MR) is 104 cm³/mol. The van der Waals surface area contributed by atoms with Gasteiger partial charge in [-0.25, -0.2) is 0 Å². The smallest absolute Gasteiger partial charge is 0.186 e. The summed E-state index contributed by atoms with van der Waals surface area (Å²) < 4.78 is 2.10. The molecule has 2 aromatic heterocycles. The standard InChI is InChI=1S/C22H21N3O/c26-22(19-16-24-20-11-5-4-10-18(19)20)21(17-8-2-1-3-9-17)23-12-15-25-13-6-7-14-25/h1-11,13-14,16,21,23-24H,12,15H2/t21-/m1/s1. The van der Waals surface area contributed by atoms with Crippen LogP contribution in [0.3, 0.4) is 0 Å². The van der Waals surface area contributed by atoms with Crippen molar-refractivity contribution in [3.8, 4) is 0 Å². The number of H-pyrrole nitrogens is 1. The molecule has 0 fully saturated rings. The lowest BCUT2D eigenvalue weighted by Gasteiger charge is -2.18. The lowest BCUT2D eigenvalue weighted by molar-refractivity contribution is 0.0944. The average Bonchev–Trinajstić information content (AvgIpc) is 3.35. The summed E-state index contributed by atoms with van der Waals surface area (Å²) in [5.74, 6) is 0.0844. The number of aromatic nitrogens is 2. The molecule has 4 heteroatoms. The number of rotatable bonds is 7. The van der Waals surface area contributed by atoms with E-state index in [2.05, 4.69) is 14.9 Å². The SMILES string of the molecule is O=C(c1c[nH]c2ccccc12)[C@H](NCCn1cccc1)c1ccccc1. The number of ketones is 1. The van der Waals surface area contributed by atoms with Crippen LogP contribution in [-0.2, 0) is 6.54 Å². The van der Waals surface area contributed by atoms with E-state index < -0.39 is 0 Å². The number of hydrogen-bond acceptors (Lipinski definition) is 2. The highest BCUT2D eigenvalue weighted by Gasteiger charge is 2.23. The van der Waals surface area contributed by atoms with Gasteiger partial charge in [0.2, 0.25) is 0 Å². The van der Waals surface area contributed by atoms with Crippen LogP contribution in [0, 0.1) is 0 Å². The Morgan fingerprint density at radius 2 is 1.69 bits per heavy atom. The minimum Gasteiger partial charge on any atom is -0.360 e. The lowest BCUT2D eigenvalue weighted by Crippen LogP contribution is -2.31. The molecule has 0 saturated heterocycles. The summed E-state index contributed by atoms with van der Waals surface area (Å²) >= 11 is 0. The second-order valence-electron chi connectivity index (χ2n) is 6.33. The minimum atomic E-state index is -0.369. The Kier molecular flexibility index (Phi) is 4.67. The molecule has 0 radical (unpaired) electrons. The molecule has 26 heavy (non-hydrogen) atoms. The molecule has 0 saturated carbocycles. The number of para-hydroxylation sites is 1. The zero-order valence-electron chi connectivity index (χ0n) is 14.4. The van der Waals surface area contributed by atoms with Crippen LogP contribution in [0.15, 0.2) is 85.3 Å². The Labute approximate surface area is 152 Å². The number of Topliss-reactive ketones (excluding diaryl/α,β-unsaturated/α-hetero) is 1. The largest absolute Gasteiger partial charge is 0.360 e. The van der Waals surface area contributed by atoms with Gasteiger partial charge in [0.25, 0.3) is 0 Å². The van der Waals surface area contributed by atoms with Crippen LogP contribution in [0.2, 0.25) is 0 Å². The maximum absolute atomic E-state index is 13.3. The first-order chi connectivity index (χ1) is 12.8. The van der Waals surface area contributed by atoms with E-state index in [1.165, 1.54) is 0 Å². The molecule has 0 spiro atoms. The maximum atomic E-state index is 13.3. The highest BCUT2D eigenvalue weighted by molar-refractivity contribution is 6.10. The minimum absolute atomic E-state index is 0.0844. The van der Waals surface area contributed by atoms with Crippen molar-refractivity contribution in [1.29, 1.82) is 0 Å². The van der Waals surface area contributed by atoms with E-state index in [0.29, 0.717) is 6.54 Å². The van der Waals surface area contributed by atoms with Gasteiger partial charge in [-0.1, -0.05) is 48.5 Å². The summed E-state index contributed by atoms with van der Waals surface area (Å²) in [6.07, 6.45) is 5.87. The van der Waals surface area contributed by atoms with Crippen LogP contribution in [0.5, 0.6) is 0 Å². The van der Waals surface area contributed by atoms with Gasteiger partial charge < -0.3 is 14.9 Å². The van der Waals surface area contributed by atoms with Crippen LogP contribution in [0.25, 0.3) is 10.9 Å². The molecule has 1 atom stereocenters. The van der Waals surface area contributed by atoms with E-state index in [-0.39, 0.29) is 11.8 Å². The zero-order valence-corrected chi connectivity index (χ0v) is 14.4. The van der Waals surface area contributed by atoms with Crippen LogP contribution >= 0.6 is 0 Å². The molecule has 4 aromatic rings. The third kappa shape index (κ3) is 3.32. The number of carbonyl (C=O) groups excluding carboxylic acids is 1. The maximum Gasteiger partial charge on any atom is 0.186 e. The van der Waals surface area contributed by atoms with Crippen molar-refractivity contribution >= 4 is 16.7 Å². The fraction of sp³-hybridized carbons (Fsp3) is 0.136. The van der Waals surface area contributed by atoms with E-state index in [9.17, 15) is 4.79 Å². The lowest BCUT2D eigenvalue weighted by atomic mass is 9.97. The van der Waals surface area contributed by atoms with Crippen molar-refractivity contribution in [2.75, 3.05) is 6.54 Å². The quantitative estimate of drug-likeness (QED) is 0.495. The molecular formula is C22H21N3O. The van der Waals surface area contributed by atoms with Crippen molar-refractivity contribution in [2.24, 2.45) is 0 Å². The number of nitrogens with one attached hydrogen (secondary N) is 2. The normalized spacial score (nSPS) is 12.3. The van der Waals surface area contributed by atoms with Gasteiger partial charge in [-0.3, -0.25) is 4.79 Å². The van der Waals surface area contributed by atoms with Gasteiger partial charge in [0.1, 0.15) is 0 Å². The first-order valence-corrected chi connectivity index (χ1v) is 8.82. The van der Waals surface area contributed by atoms with Crippen LogP contribution in [-0.4, -0.2) is 21.9 Å². The Morgan fingerprint density at radius 1 is 0.962 bits per heavy atom. The van der Waals surface area contributed by atoms with E-state index in [4.69, 9.17) is 0 Å². The van der Waals surface area contributed by atoms with Crippen molar-refractivity contribution in [2.45, 2.75) is 12.6 Å². The molecule has 0 amide bonds. The van der Waals surface area contributed by atoms with Gasteiger partial charge in [-0.2, -0.15) is 0 Å². The molecule has 0 unspecified atom stereocenters. The van der Waals surface area contributed by atoms with E-state index in [1.807, 2.05) is 85.3 Å². The Morgan fingerprint density at radius 3 is 2.50 bits per heavy atom. The van der Waals surface area contributed by atoms with E-state index in [1.54, 1.807) is 0 Å². The first-order valence-electron chi connectivity index (χ1n) is 8.82. The van der Waals surface area contributed by atoms with Crippen molar-refractivity contribution in [1.82, 2.24) is 14.9 Å². The third-order valence-corrected chi connectivity index (χ3v) is 4.63. The third-order valence-electron chi connectivity index (χ3n) is 4.63. The molecule has 4 nitrogen and oxygen atoms in total. The van der Waals surface area contributed by atoms with Crippen LogP contribution in [0.1, 0.15) is 22.0 Å². The molecule has 4 rings (SSSR count). The monoisotopic (exact) mass is 343 g/mol. The summed E-state index contributed by atoms with van der Waals surface area (Å²) in [5.41, 5.74) is 2.69. The van der Waals surface area contributed by atoms with Gasteiger partial charge >= 0.3 is 0 Å². The molecule has 0 bridgehead atoms. The number of fused-ring (bicyclic) bond motifs is 1. The van der Waals surface area contributed by atoms with Gasteiger partial charge in [0.05, 0.1) is 6.04 Å². The highest BCUT2D eigenvalue weighted by atomic mass is 16.1. The molecule has 0 aliphatic carbocycles. The topological polar surface area (TPSA) is 49.8 Å². The number of carbonyl (C=O) groups is 1. The summed E-state index contributed by atoms with van der Waals surface area (Å²) in [7, 11) is 0. The Hall–Kier alpha value is -3.11. The van der Waals surface area contributed by atoms with Gasteiger partial charge in [-0.15, -0.1) is 0 Å². The summed E-state index contributed by atoms with van der Waals surface area (Å²) in [4.78, 5) is 16.5. The molecule has 2 aromatic carbocycles. The molecule has 2 N–H and O–H groups in total. The number of hydrogen-bond donors (Lipinski definition) is 2. The molecule has 0 aliphatic rings. The number of benzene rings is 2. The van der Waals surface area contributed by atoms with Crippen molar-refractivity contribution < 1.29 is 4.79 Å². The van der Waals surface area contributed by atoms with Crippen LogP contribution in [0.4, 0.5) is 0 Å². The van der Waals surface area contributed by atoms with Gasteiger partial charge in [0, 0.05) is 48.1 Å². The fourth-order valence-corrected chi connectivity index (χ4v) is 3.30. The van der Waals surface area contributed by atoms with Gasteiger partial charge in [-0.05, 0) is 23.8 Å². The summed E-state index contributed by atoms with van der Waals surface area (Å²) in [6, 6.07) is 21.5. The van der Waals surface area contributed by atoms with E-state index in [0.717, 1.165) is 28.6 Å². The first kappa shape index (κ1) is 16.4. The average molecular weight is 343 g/mol. The van der Waals surface area contributed by atoms with Gasteiger partial charge in [0.15, 0.2) is 5.78 Å². The van der Waals surface area contributed by atoms with Crippen LogP contribution < -0.4 is 5.32 Å². The Bertz CT molecular complexity index is 987. The molecule has 2 heterocycles. The molecule has 130 valence electrons. The molecular weight excluding hydrogens is 322 g/mol. The predicted octanol–water partition coefficient (Wildman–Crippen LogP) is 4.18. The summed E-state index contributed by atoms with van der Waals surface area (Å²) in [6.45, 7) is 1.53. The number of nitrogens with zero attached hydrogens (tertiary/aromatic N) is 1. The van der Waals surface area contributed by atoms with E-state index >= 15 is 0 Å². The van der Waals surface area contributed by atoms with Crippen molar-refractivity contribution in [3.05, 3.63) is 96.4 Å². The molecule has 0 aliphatic heterocycles. The second-order valence-corrected chi connectivity index (χ2v) is 6.33. The summed E-state index contributed by atoms with van der Waals surface area (Å²) in [5, 5.41) is 4.41. The zero-order chi connectivity index (χ0) is 17.8. The fourth-order valence-electron chi connectivity index (χ4n) is 3.30. The number of aromatic amines is 1.